The van der Waals surface area contributed by atoms with Crippen molar-refractivity contribution in [3.8, 4) is 22.4 Å². The molecule has 0 aliphatic carbocycles. The van der Waals surface area contributed by atoms with Crippen molar-refractivity contribution in [2.75, 3.05) is 24.3 Å². The molecule has 0 aliphatic rings. The molecule has 2 aromatic heterocycles. The van der Waals surface area contributed by atoms with Crippen molar-refractivity contribution in [1.82, 2.24) is 9.78 Å². The molecule has 0 unspecified atom stereocenters. The Labute approximate surface area is 268 Å². The molecule has 0 spiro atoms. The van der Waals surface area contributed by atoms with Crippen LogP contribution in [0.5, 0.6) is 0 Å². The number of anilines is 2. The molecule has 6 aromatic rings. The van der Waals surface area contributed by atoms with Gasteiger partial charge < -0.3 is 10.2 Å². The van der Waals surface area contributed by atoms with Crippen LogP contribution >= 0.6 is 22.9 Å². The average molecular weight is 661 g/mol. The van der Waals surface area contributed by atoms with Crippen LogP contribution in [-0.2, 0) is 16.7 Å². The molecule has 2 N–H and O–H groups in total. The van der Waals surface area contributed by atoms with Crippen LogP contribution in [0.3, 0.4) is 0 Å². The van der Waals surface area contributed by atoms with E-state index in [1.54, 1.807) is 78.9 Å². The van der Waals surface area contributed by atoms with Gasteiger partial charge in [-0.3, -0.25) is 9.35 Å². The lowest BCUT2D eigenvalue weighted by Gasteiger charge is -2.20. The van der Waals surface area contributed by atoms with Crippen molar-refractivity contribution >= 4 is 61.2 Å². The summed E-state index contributed by atoms with van der Waals surface area (Å²) in [5.74, 6) is -1.40. The maximum atomic E-state index is 16.1. The van der Waals surface area contributed by atoms with Gasteiger partial charge in [0.15, 0.2) is 11.6 Å². The van der Waals surface area contributed by atoms with Gasteiger partial charge in [-0.15, -0.1) is 11.3 Å². The lowest BCUT2D eigenvalue weighted by Crippen LogP contribution is -2.18. The minimum absolute atomic E-state index is 0.00555. The van der Waals surface area contributed by atoms with Gasteiger partial charge >= 0.3 is 0 Å². The predicted molar refractivity (Wildman–Crippen MR) is 178 cm³/mol. The Morgan fingerprint density at radius 2 is 1.69 bits per heavy atom. The number of aromatic nitrogens is 2. The van der Waals surface area contributed by atoms with E-state index in [-0.39, 0.29) is 33.9 Å². The molecule has 0 saturated heterocycles. The largest absolute Gasteiger partial charge is 0.377 e. The van der Waals surface area contributed by atoms with E-state index in [4.69, 9.17) is 11.6 Å². The van der Waals surface area contributed by atoms with E-state index in [1.807, 2.05) is 31.1 Å². The van der Waals surface area contributed by atoms with Crippen LogP contribution in [0.2, 0.25) is 4.34 Å². The molecule has 6 rings (SSSR count). The van der Waals surface area contributed by atoms with E-state index < -0.39 is 21.8 Å². The first-order chi connectivity index (χ1) is 21.5. The number of nitrogens with one attached hydrogen (secondary N) is 1. The maximum Gasteiger partial charge on any atom is 0.295 e. The molecule has 228 valence electrons. The highest BCUT2D eigenvalue weighted by atomic mass is 35.5. The number of rotatable bonds is 8. The zero-order valence-electron chi connectivity index (χ0n) is 24.0. The van der Waals surface area contributed by atoms with Crippen LogP contribution in [0.1, 0.15) is 15.2 Å². The topological polar surface area (TPSA) is 105 Å². The van der Waals surface area contributed by atoms with Crippen LogP contribution in [0, 0.1) is 5.82 Å². The average Bonchev–Trinajstić information content (AvgIpc) is 3.60. The first kappa shape index (κ1) is 30.5. The fraction of sp³-hybridized carbons (Fsp3) is 0.0909. The van der Waals surface area contributed by atoms with E-state index in [2.05, 4.69) is 10.4 Å². The highest BCUT2D eigenvalue weighted by Crippen LogP contribution is 2.40. The van der Waals surface area contributed by atoms with Crippen molar-refractivity contribution in [1.29, 1.82) is 0 Å². The molecule has 12 heteroatoms. The molecule has 4 aromatic carbocycles. The van der Waals surface area contributed by atoms with Crippen LogP contribution < -0.4 is 10.2 Å². The van der Waals surface area contributed by atoms with Crippen LogP contribution in [-0.4, -0.2) is 42.8 Å². The molecule has 0 bridgehead atoms. The summed E-state index contributed by atoms with van der Waals surface area (Å²) in [7, 11) is -0.936. The lowest BCUT2D eigenvalue weighted by atomic mass is 9.93. The van der Waals surface area contributed by atoms with Crippen molar-refractivity contribution in [3.05, 3.63) is 118 Å². The predicted octanol–water partition coefficient (Wildman–Crippen LogP) is 7.84. The van der Waals surface area contributed by atoms with Gasteiger partial charge in [0.25, 0.3) is 16.0 Å². The molecule has 0 fully saturated rings. The number of hydrogen-bond donors (Lipinski definition) is 2. The Morgan fingerprint density at radius 3 is 2.38 bits per heavy atom. The smallest absolute Gasteiger partial charge is 0.295 e. The van der Waals surface area contributed by atoms with Crippen molar-refractivity contribution in [3.63, 3.8) is 0 Å². The number of hydrogen-bond acceptors (Lipinski definition) is 7. The number of benzene rings is 4. The van der Waals surface area contributed by atoms with Crippen molar-refractivity contribution in [2.24, 2.45) is 0 Å². The summed E-state index contributed by atoms with van der Waals surface area (Å²) in [4.78, 5) is 16.8. The first-order valence-electron chi connectivity index (χ1n) is 13.7. The van der Waals surface area contributed by atoms with Crippen LogP contribution in [0.4, 0.5) is 15.9 Å². The number of thiophene rings is 1. The number of nitrogens with zero attached hydrogens (tertiary/aromatic N) is 3. The third-order valence-corrected chi connectivity index (χ3v) is 9.46. The number of fused-ring (bicyclic) bond motifs is 1. The number of halogens is 2. The molecule has 2 heterocycles. The quantitative estimate of drug-likeness (QED) is 0.160. The molecule has 0 atom stereocenters. The van der Waals surface area contributed by atoms with E-state index in [9.17, 15) is 17.8 Å². The molecule has 0 aliphatic heterocycles. The van der Waals surface area contributed by atoms with Gasteiger partial charge in [0, 0.05) is 46.6 Å². The van der Waals surface area contributed by atoms with E-state index >= 15 is 4.39 Å². The van der Waals surface area contributed by atoms with E-state index in [0.717, 1.165) is 9.56 Å². The van der Waals surface area contributed by atoms with Crippen molar-refractivity contribution < 1.29 is 22.2 Å². The van der Waals surface area contributed by atoms with E-state index in [1.165, 1.54) is 17.4 Å². The third kappa shape index (κ3) is 5.83. The van der Waals surface area contributed by atoms with Gasteiger partial charge in [0.1, 0.15) is 10.6 Å². The molecule has 8 nitrogen and oxygen atoms in total. The Kier molecular flexibility index (Phi) is 8.19. The zero-order valence-corrected chi connectivity index (χ0v) is 26.4. The van der Waals surface area contributed by atoms with Gasteiger partial charge in [-0.05, 0) is 41.5 Å². The standard InChI is InChI=1S/C33H26ClFN4O4S2/c1-38(2)26-14-8-13-25-27(45(41,42)43)17-16-23(29(25)26)22-11-6-7-12-24(22)33(40)39-32(36-19-21-15-18-28(34)44-21)30(35)31(37-39)20-9-4-3-5-10-20/h3-18,36H,19H2,1-2H3,(H,41,42,43). The number of carbonyl (C=O) groups excluding carboxylic acids is 1. The van der Waals surface area contributed by atoms with Gasteiger partial charge in [0.2, 0.25) is 0 Å². The summed E-state index contributed by atoms with van der Waals surface area (Å²) in [6.07, 6.45) is 0. The van der Waals surface area contributed by atoms with E-state index in [0.29, 0.717) is 32.1 Å². The van der Waals surface area contributed by atoms with Crippen molar-refractivity contribution in [2.45, 2.75) is 11.4 Å². The highest BCUT2D eigenvalue weighted by Gasteiger charge is 2.27. The summed E-state index contributed by atoms with van der Waals surface area (Å²) >= 11 is 7.43. The Morgan fingerprint density at radius 1 is 0.956 bits per heavy atom. The fourth-order valence-corrected chi connectivity index (χ4v) is 7.01. The summed E-state index contributed by atoms with van der Waals surface area (Å²) < 4.78 is 52.3. The Balaban J connectivity index is 1.54. The molecule has 0 radical (unpaired) electrons. The second kappa shape index (κ2) is 12.1. The SMILES string of the molecule is CN(C)c1cccc2c(S(=O)(=O)O)ccc(-c3ccccc3C(=O)n3nc(-c4ccccc4)c(F)c3NCc3ccc(Cl)s3)c12. The number of carbonyl (C=O) groups is 1. The molecular weight excluding hydrogens is 635 g/mol. The monoisotopic (exact) mass is 660 g/mol. The summed E-state index contributed by atoms with van der Waals surface area (Å²) in [5, 5.41) is 8.30. The van der Waals surface area contributed by atoms with Gasteiger partial charge in [-0.1, -0.05) is 78.3 Å². The second-order valence-electron chi connectivity index (χ2n) is 10.4. The minimum Gasteiger partial charge on any atom is -0.377 e. The third-order valence-electron chi connectivity index (χ3n) is 7.31. The van der Waals surface area contributed by atoms with Gasteiger partial charge in [-0.25, -0.2) is 4.39 Å². The van der Waals surface area contributed by atoms with Crippen LogP contribution in [0.15, 0.2) is 102 Å². The van der Waals surface area contributed by atoms with Gasteiger partial charge in [-0.2, -0.15) is 18.2 Å². The molecular formula is C33H26ClFN4O4S2. The molecule has 0 saturated carbocycles. The normalized spacial score (nSPS) is 11.6. The molecule has 45 heavy (non-hydrogen) atoms. The Hall–Kier alpha value is -4.55. The van der Waals surface area contributed by atoms with Gasteiger partial charge in [0.05, 0.1) is 10.9 Å². The first-order valence-corrected chi connectivity index (χ1v) is 16.3. The maximum absolute atomic E-state index is 16.1. The summed E-state index contributed by atoms with van der Waals surface area (Å²) in [6.45, 7) is 0.205. The highest BCUT2D eigenvalue weighted by molar-refractivity contribution is 7.86. The fourth-order valence-electron chi connectivity index (χ4n) is 5.30. The summed E-state index contributed by atoms with van der Waals surface area (Å²) in [6, 6.07) is 27.1. The second-order valence-corrected chi connectivity index (χ2v) is 13.6. The molecule has 0 amide bonds. The minimum atomic E-state index is -4.56. The van der Waals surface area contributed by atoms with Crippen LogP contribution in [0.25, 0.3) is 33.2 Å². The zero-order chi connectivity index (χ0) is 31.9. The summed E-state index contributed by atoms with van der Waals surface area (Å²) in [5.41, 5.74) is 2.40. The Bertz CT molecular complexity index is 2180. The lowest BCUT2D eigenvalue weighted by molar-refractivity contribution is 0.0948.